The van der Waals surface area contributed by atoms with E-state index in [2.05, 4.69) is 0 Å². The second-order valence-electron chi connectivity index (χ2n) is 8.44. The number of carbonyl (C=O) groups excluding carboxylic acids is 2. The molecule has 1 saturated heterocycles. The Morgan fingerprint density at radius 3 is 2.03 bits per heavy atom. The number of rotatable bonds is 9. The third kappa shape index (κ3) is 4.90. The quantitative estimate of drug-likeness (QED) is 0.330. The number of aliphatic hydroxyl groups excluding tert-OH is 1. The first kappa shape index (κ1) is 25.9. The van der Waals surface area contributed by atoms with Gasteiger partial charge >= 0.3 is 0 Å². The van der Waals surface area contributed by atoms with E-state index in [0.29, 0.717) is 40.7 Å². The van der Waals surface area contributed by atoms with Crippen LogP contribution in [0.1, 0.15) is 22.7 Å². The van der Waals surface area contributed by atoms with Gasteiger partial charge in [0, 0.05) is 18.7 Å². The monoisotopic (exact) mass is 484 g/mol. The number of hydrogen-bond donors (Lipinski definition) is 1. The molecule has 0 bridgehead atoms. The van der Waals surface area contributed by atoms with Gasteiger partial charge in [-0.3, -0.25) is 9.59 Å². The minimum absolute atomic E-state index is 0.00686. The SMILES string of the molecule is COc1ccc(/C(O)=C2\C(=O)C(=O)N(CCN(C)C)C2c2cc(OC)c(OC)c(OC)c2)cc1C. The van der Waals surface area contributed by atoms with E-state index in [-0.39, 0.29) is 17.9 Å². The number of ketones is 1. The number of Topliss-reactive ketones (excluding diaryl/α,β-unsaturated/α-hetero) is 1. The summed E-state index contributed by atoms with van der Waals surface area (Å²) in [5.74, 6) is 0.0793. The van der Waals surface area contributed by atoms with Crippen molar-refractivity contribution in [3.8, 4) is 23.0 Å². The lowest BCUT2D eigenvalue weighted by Gasteiger charge is -2.27. The second kappa shape index (κ2) is 10.7. The van der Waals surface area contributed by atoms with Gasteiger partial charge in [0.05, 0.1) is 40.1 Å². The van der Waals surface area contributed by atoms with Gasteiger partial charge in [-0.25, -0.2) is 0 Å². The van der Waals surface area contributed by atoms with Gasteiger partial charge < -0.3 is 33.9 Å². The number of aryl methyl sites for hydroxylation is 1. The van der Waals surface area contributed by atoms with Crippen LogP contribution in [0, 0.1) is 6.92 Å². The molecule has 2 aromatic rings. The number of nitrogens with zero attached hydrogens (tertiary/aromatic N) is 2. The van der Waals surface area contributed by atoms with Crippen LogP contribution >= 0.6 is 0 Å². The molecule has 1 N–H and O–H groups in total. The minimum Gasteiger partial charge on any atom is -0.507 e. The second-order valence-corrected chi connectivity index (χ2v) is 8.44. The number of methoxy groups -OCH3 is 4. The number of likely N-dealkylation sites (N-methyl/N-ethyl adjacent to an activating group) is 1. The maximum absolute atomic E-state index is 13.3. The van der Waals surface area contributed by atoms with Gasteiger partial charge in [0.2, 0.25) is 5.75 Å². The third-order valence-corrected chi connectivity index (χ3v) is 6.00. The van der Waals surface area contributed by atoms with E-state index in [4.69, 9.17) is 18.9 Å². The van der Waals surface area contributed by atoms with E-state index in [1.54, 1.807) is 37.4 Å². The zero-order valence-corrected chi connectivity index (χ0v) is 21.2. The fraction of sp³-hybridized carbons (Fsp3) is 0.385. The molecule has 0 radical (unpaired) electrons. The highest BCUT2D eigenvalue weighted by atomic mass is 16.5. The van der Waals surface area contributed by atoms with Crippen LogP contribution in [0.25, 0.3) is 5.76 Å². The molecule has 1 unspecified atom stereocenters. The Morgan fingerprint density at radius 1 is 0.943 bits per heavy atom. The highest BCUT2D eigenvalue weighted by Crippen LogP contribution is 2.45. The van der Waals surface area contributed by atoms with Gasteiger partial charge in [-0.05, 0) is 62.5 Å². The summed E-state index contributed by atoms with van der Waals surface area (Å²) in [4.78, 5) is 29.8. The standard InChI is InChI=1S/C26H32N2O7/c1-15-12-16(8-9-18(15)32-4)23(29)21-22(28(11-10-27(2)3)26(31)24(21)30)17-13-19(33-5)25(35-7)20(14-17)34-6/h8-9,12-14,22,29H,10-11H2,1-7H3/b23-21+. The van der Waals surface area contributed by atoms with Crippen LogP contribution in [-0.4, -0.2) is 82.2 Å². The molecule has 0 saturated carbocycles. The Hall–Kier alpha value is -3.72. The van der Waals surface area contributed by atoms with Gasteiger partial charge in [-0.2, -0.15) is 0 Å². The summed E-state index contributed by atoms with van der Waals surface area (Å²) >= 11 is 0. The van der Waals surface area contributed by atoms with Crippen LogP contribution in [0.4, 0.5) is 0 Å². The molecular formula is C26H32N2O7. The van der Waals surface area contributed by atoms with E-state index in [1.165, 1.54) is 26.2 Å². The molecular weight excluding hydrogens is 452 g/mol. The summed E-state index contributed by atoms with van der Waals surface area (Å²) in [5.41, 5.74) is 1.73. The van der Waals surface area contributed by atoms with Crippen molar-refractivity contribution in [3.05, 3.63) is 52.6 Å². The predicted octanol–water partition coefficient (Wildman–Crippen LogP) is 3.01. The molecule has 35 heavy (non-hydrogen) atoms. The Balaban J connectivity index is 2.26. The fourth-order valence-corrected chi connectivity index (χ4v) is 4.21. The van der Waals surface area contributed by atoms with E-state index in [0.717, 1.165) is 5.56 Å². The van der Waals surface area contributed by atoms with Crippen molar-refractivity contribution in [2.45, 2.75) is 13.0 Å². The lowest BCUT2D eigenvalue weighted by atomic mass is 9.94. The molecule has 3 rings (SSSR count). The summed E-state index contributed by atoms with van der Waals surface area (Å²) < 4.78 is 21.7. The summed E-state index contributed by atoms with van der Waals surface area (Å²) in [6, 6.07) is 7.60. The number of ether oxygens (including phenoxy) is 4. The zero-order chi connectivity index (χ0) is 25.9. The minimum atomic E-state index is -0.855. The topological polar surface area (TPSA) is 97.8 Å². The van der Waals surface area contributed by atoms with Crippen molar-refractivity contribution < 1.29 is 33.6 Å². The molecule has 188 valence electrons. The lowest BCUT2D eigenvalue weighted by molar-refractivity contribution is -0.140. The van der Waals surface area contributed by atoms with E-state index in [1.807, 2.05) is 25.9 Å². The molecule has 9 nitrogen and oxygen atoms in total. The molecule has 1 aliphatic rings. The van der Waals surface area contributed by atoms with Crippen LogP contribution in [0.5, 0.6) is 23.0 Å². The van der Waals surface area contributed by atoms with E-state index in [9.17, 15) is 14.7 Å². The first-order chi connectivity index (χ1) is 16.7. The summed E-state index contributed by atoms with van der Waals surface area (Å²) in [6.45, 7) is 2.63. The van der Waals surface area contributed by atoms with Crippen LogP contribution in [-0.2, 0) is 9.59 Å². The zero-order valence-electron chi connectivity index (χ0n) is 21.2. The molecule has 2 aromatic carbocycles. The lowest BCUT2D eigenvalue weighted by Crippen LogP contribution is -2.35. The number of amides is 1. The summed E-state index contributed by atoms with van der Waals surface area (Å²) in [7, 11) is 9.79. The van der Waals surface area contributed by atoms with Crippen molar-refractivity contribution in [1.29, 1.82) is 0 Å². The van der Waals surface area contributed by atoms with Gasteiger partial charge in [-0.15, -0.1) is 0 Å². The summed E-state index contributed by atoms with van der Waals surface area (Å²) in [5, 5.41) is 11.3. The smallest absolute Gasteiger partial charge is 0.295 e. The van der Waals surface area contributed by atoms with E-state index >= 15 is 0 Å². The average Bonchev–Trinajstić information content (AvgIpc) is 3.10. The number of hydrogen-bond acceptors (Lipinski definition) is 8. The first-order valence-electron chi connectivity index (χ1n) is 11.1. The Labute approximate surface area is 205 Å². The molecule has 1 aliphatic heterocycles. The molecule has 9 heteroatoms. The maximum atomic E-state index is 13.3. The fourth-order valence-electron chi connectivity index (χ4n) is 4.21. The molecule has 0 aliphatic carbocycles. The van der Waals surface area contributed by atoms with Gasteiger partial charge in [0.25, 0.3) is 11.7 Å². The van der Waals surface area contributed by atoms with Crippen LogP contribution in [0.2, 0.25) is 0 Å². The average molecular weight is 485 g/mol. The number of likely N-dealkylation sites (tertiary alicyclic amines) is 1. The third-order valence-electron chi connectivity index (χ3n) is 6.00. The summed E-state index contributed by atoms with van der Waals surface area (Å²) in [6.07, 6.45) is 0. The van der Waals surface area contributed by atoms with Crippen molar-refractivity contribution in [2.24, 2.45) is 0 Å². The Morgan fingerprint density at radius 2 is 1.54 bits per heavy atom. The van der Waals surface area contributed by atoms with Crippen LogP contribution in [0.15, 0.2) is 35.9 Å². The number of benzene rings is 2. The molecule has 1 amide bonds. The van der Waals surface area contributed by atoms with Gasteiger partial charge in [-0.1, -0.05) is 0 Å². The molecule has 0 aromatic heterocycles. The largest absolute Gasteiger partial charge is 0.507 e. The predicted molar refractivity (Wildman–Crippen MR) is 131 cm³/mol. The van der Waals surface area contributed by atoms with Crippen LogP contribution in [0.3, 0.4) is 0 Å². The van der Waals surface area contributed by atoms with Gasteiger partial charge in [0.1, 0.15) is 11.5 Å². The normalized spacial score (nSPS) is 17.1. The number of carbonyl (C=O) groups is 2. The van der Waals surface area contributed by atoms with Crippen molar-refractivity contribution in [1.82, 2.24) is 9.80 Å². The van der Waals surface area contributed by atoms with Crippen molar-refractivity contribution in [2.75, 3.05) is 55.6 Å². The molecule has 1 atom stereocenters. The highest BCUT2D eigenvalue weighted by Gasteiger charge is 2.46. The maximum Gasteiger partial charge on any atom is 0.295 e. The van der Waals surface area contributed by atoms with Crippen molar-refractivity contribution in [3.63, 3.8) is 0 Å². The molecule has 1 heterocycles. The number of aliphatic hydroxyl groups is 1. The Kier molecular flexibility index (Phi) is 7.91. The van der Waals surface area contributed by atoms with Gasteiger partial charge in [0.15, 0.2) is 11.5 Å². The van der Waals surface area contributed by atoms with Crippen molar-refractivity contribution >= 4 is 17.4 Å². The van der Waals surface area contributed by atoms with E-state index < -0.39 is 17.7 Å². The first-order valence-corrected chi connectivity index (χ1v) is 11.1. The van der Waals surface area contributed by atoms with Crippen LogP contribution < -0.4 is 18.9 Å². The Bertz CT molecular complexity index is 1130. The molecule has 0 spiro atoms. The highest BCUT2D eigenvalue weighted by molar-refractivity contribution is 6.46. The molecule has 1 fully saturated rings.